The number of rotatable bonds is 5. The number of aromatic nitrogens is 2. The van der Waals surface area contributed by atoms with Crippen LogP contribution in [0.15, 0.2) is 47.8 Å². The van der Waals surface area contributed by atoms with Gasteiger partial charge in [-0.25, -0.2) is 18.1 Å². The number of ether oxygens (including phenoxy) is 1. The van der Waals surface area contributed by atoms with Crippen LogP contribution < -0.4 is 9.46 Å². The first-order valence-corrected chi connectivity index (χ1v) is 10.7. The molecule has 29 heavy (non-hydrogen) atoms. The number of benzene rings is 2. The minimum Gasteiger partial charge on any atom is -0.497 e. The summed E-state index contributed by atoms with van der Waals surface area (Å²) in [4.78, 5) is 16.0. The van der Waals surface area contributed by atoms with Crippen LogP contribution in [0.2, 0.25) is 20.1 Å². The Morgan fingerprint density at radius 3 is 2.34 bits per heavy atom. The molecule has 0 unspecified atom stereocenters. The summed E-state index contributed by atoms with van der Waals surface area (Å²) in [6.07, 6.45) is 2.61. The normalized spacial score (nSPS) is 11.3. The molecule has 0 fully saturated rings. The molecule has 0 radical (unpaired) electrons. The Morgan fingerprint density at radius 2 is 1.72 bits per heavy atom. The molecular formula is C17H11Cl4N3O4S. The first kappa shape index (κ1) is 21.7. The molecule has 3 rings (SSSR count). The minimum absolute atomic E-state index is 0.0675. The van der Waals surface area contributed by atoms with Crippen LogP contribution in [0, 0.1) is 0 Å². The van der Waals surface area contributed by atoms with Gasteiger partial charge in [0, 0.05) is 18.0 Å². The largest absolute Gasteiger partial charge is 0.497 e. The van der Waals surface area contributed by atoms with E-state index in [1.54, 1.807) is 0 Å². The van der Waals surface area contributed by atoms with Crippen molar-refractivity contribution in [1.29, 1.82) is 0 Å². The van der Waals surface area contributed by atoms with Gasteiger partial charge < -0.3 is 9.30 Å². The molecule has 152 valence electrons. The maximum atomic E-state index is 12.6. The summed E-state index contributed by atoms with van der Waals surface area (Å²) in [5.74, 6) is -0.684. The lowest BCUT2D eigenvalue weighted by Crippen LogP contribution is -2.31. The monoisotopic (exact) mass is 493 g/mol. The van der Waals surface area contributed by atoms with Crippen LogP contribution in [0.1, 0.15) is 10.5 Å². The zero-order valence-corrected chi connectivity index (χ0v) is 18.3. The summed E-state index contributed by atoms with van der Waals surface area (Å²) in [7, 11) is -2.89. The predicted molar refractivity (Wildman–Crippen MR) is 111 cm³/mol. The van der Waals surface area contributed by atoms with E-state index in [0.29, 0.717) is 5.69 Å². The quantitative estimate of drug-likeness (QED) is 0.523. The van der Waals surface area contributed by atoms with Gasteiger partial charge in [0.05, 0.1) is 27.2 Å². The Labute approximate surface area is 186 Å². The van der Waals surface area contributed by atoms with E-state index in [9.17, 15) is 13.2 Å². The third kappa shape index (κ3) is 4.62. The van der Waals surface area contributed by atoms with Crippen molar-refractivity contribution < 1.29 is 17.9 Å². The summed E-state index contributed by atoms with van der Waals surface area (Å²) < 4.78 is 33.5. The molecule has 0 aliphatic rings. The van der Waals surface area contributed by atoms with Crippen LogP contribution in [0.4, 0.5) is 0 Å². The maximum absolute atomic E-state index is 12.6. The van der Waals surface area contributed by atoms with Gasteiger partial charge in [-0.15, -0.1) is 0 Å². The van der Waals surface area contributed by atoms with Crippen molar-refractivity contribution in [2.75, 3.05) is 7.11 Å². The van der Waals surface area contributed by atoms with Gasteiger partial charge >= 0.3 is 0 Å². The highest BCUT2D eigenvalue weighted by Crippen LogP contribution is 2.32. The molecule has 0 atom stereocenters. The Morgan fingerprint density at radius 1 is 1.07 bits per heavy atom. The van der Waals surface area contributed by atoms with Crippen molar-refractivity contribution >= 4 is 62.3 Å². The highest BCUT2D eigenvalue weighted by Gasteiger charge is 2.23. The Kier molecular flexibility index (Phi) is 6.30. The number of amides is 1. The second-order valence-electron chi connectivity index (χ2n) is 5.62. The molecule has 1 heterocycles. The van der Waals surface area contributed by atoms with E-state index in [-0.39, 0.29) is 36.4 Å². The number of carbonyl (C=O) groups is 1. The third-order valence-corrected chi connectivity index (χ3v) is 6.75. The molecule has 1 aromatic heterocycles. The van der Waals surface area contributed by atoms with Crippen molar-refractivity contribution in [3.05, 3.63) is 68.6 Å². The summed E-state index contributed by atoms with van der Waals surface area (Å²) in [5, 5.41) is 0.548. The van der Waals surface area contributed by atoms with E-state index < -0.39 is 15.9 Å². The van der Waals surface area contributed by atoms with E-state index in [4.69, 9.17) is 51.1 Å². The highest BCUT2D eigenvalue weighted by molar-refractivity contribution is 7.90. The predicted octanol–water partition coefficient (Wildman–Crippen LogP) is 4.61. The van der Waals surface area contributed by atoms with E-state index in [1.165, 1.54) is 54.5 Å². The summed E-state index contributed by atoms with van der Waals surface area (Å²) in [6, 6.07) is 7.08. The molecule has 12 heteroatoms. The van der Waals surface area contributed by atoms with E-state index in [2.05, 4.69) is 4.98 Å². The zero-order valence-electron chi connectivity index (χ0n) is 14.5. The molecule has 1 amide bonds. The lowest BCUT2D eigenvalue weighted by atomic mass is 10.3. The van der Waals surface area contributed by atoms with Gasteiger partial charge in [-0.05, 0) is 24.3 Å². The first-order chi connectivity index (χ1) is 13.6. The minimum atomic E-state index is -4.27. The molecular weight excluding hydrogens is 484 g/mol. The molecule has 0 aliphatic heterocycles. The molecule has 0 bridgehead atoms. The average Bonchev–Trinajstić information content (AvgIpc) is 3.16. The fraction of sp³-hybridized carbons (Fsp3) is 0.0588. The third-order valence-electron chi connectivity index (χ3n) is 3.74. The van der Waals surface area contributed by atoms with Crippen LogP contribution >= 0.6 is 46.4 Å². The number of nitrogens with zero attached hydrogens (tertiary/aromatic N) is 2. The first-order valence-electron chi connectivity index (χ1n) is 7.72. The van der Waals surface area contributed by atoms with Crippen LogP contribution in [-0.2, 0) is 10.0 Å². The number of sulfonamides is 1. The highest BCUT2D eigenvalue weighted by atomic mass is 35.5. The number of imidazole rings is 1. The molecule has 2 aromatic carbocycles. The standard InChI is InChI=1S/C17H11Cl4N3O4S/c1-28-10-2-3-11(18)15(6-10)29(26,27)23-17(25)14-7-24(8-22-14)9-4-12(19)16(21)13(20)5-9/h2-8H,1H3,(H,23,25). The number of hydrogen-bond acceptors (Lipinski definition) is 5. The van der Waals surface area contributed by atoms with Gasteiger partial charge in [0.2, 0.25) is 0 Å². The average molecular weight is 495 g/mol. The number of methoxy groups -OCH3 is 1. The van der Waals surface area contributed by atoms with Crippen molar-refractivity contribution in [3.8, 4) is 11.4 Å². The Balaban J connectivity index is 1.87. The van der Waals surface area contributed by atoms with Crippen molar-refractivity contribution in [3.63, 3.8) is 0 Å². The fourth-order valence-corrected chi connectivity index (χ4v) is 4.38. The Hall–Kier alpha value is -1.97. The van der Waals surface area contributed by atoms with Gasteiger partial charge in [-0.3, -0.25) is 4.79 Å². The van der Waals surface area contributed by atoms with Crippen molar-refractivity contribution in [2.24, 2.45) is 0 Å². The molecule has 3 aromatic rings. The summed E-state index contributed by atoms with van der Waals surface area (Å²) in [5.41, 5.74) is 0.324. The van der Waals surface area contributed by atoms with Gasteiger partial charge in [0.25, 0.3) is 15.9 Å². The van der Waals surface area contributed by atoms with Gasteiger partial charge in [-0.2, -0.15) is 0 Å². The number of halogens is 4. The second-order valence-corrected chi connectivity index (χ2v) is 8.87. The molecule has 0 aliphatic carbocycles. The molecule has 7 nitrogen and oxygen atoms in total. The van der Waals surface area contributed by atoms with Gasteiger partial charge in [-0.1, -0.05) is 46.4 Å². The molecule has 1 N–H and O–H groups in total. The lowest BCUT2D eigenvalue weighted by Gasteiger charge is -2.09. The van der Waals surface area contributed by atoms with Crippen molar-refractivity contribution in [1.82, 2.24) is 14.3 Å². The van der Waals surface area contributed by atoms with Gasteiger partial charge in [0.1, 0.15) is 22.7 Å². The topological polar surface area (TPSA) is 90.3 Å². The van der Waals surface area contributed by atoms with Crippen molar-refractivity contribution in [2.45, 2.75) is 4.90 Å². The number of carbonyl (C=O) groups excluding carboxylic acids is 1. The van der Waals surface area contributed by atoms with Crippen LogP contribution in [0.3, 0.4) is 0 Å². The SMILES string of the molecule is COc1ccc(Cl)c(S(=O)(=O)NC(=O)c2cn(-c3cc(Cl)c(Cl)c(Cl)c3)cn2)c1. The zero-order chi connectivity index (χ0) is 21.3. The summed E-state index contributed by atoms with van der Waals surface area (Å²) >= 11 is 23.9. The van der Waals surface area contributed by atoms with E-state index in [0.717, 1.165) is 0 Å². The molecule has 0 saturated carbocycles. The molecule has 0 spiro atoms. The van der Waals surface area contributed by atoms with Crippen LogP contribution in [0.5, 0.6) is 5.75 Å². The summed E-state index contributed by atoms with van der Waals surface area (Å²) in [6.45, 7) is 0. The lowest BCUT2D eigenvalue weighted by molar-refractivity contribution is 0.0977. The number of hydrogen-bond donors (Lipinski definition) is 1. The maximum Gasteiger partial charge on any atom is 0.285 e. The smallest absolute Gasteiger partial charge is 0.285 e. The van der Waals surface area contributed by atoms with E-state index >= 15 is 0 Å². The molecule has 0 saturated heterocycles. The van der Waals surface area contributed by atoms with Crippen LogP contribution in [0.25, 0.3) is 5.69 Å². The van der Waals surface area contributed by atoms with E-state index in [1.807, 2.05) is 4.72 Å². The fourth-order valence-electron chi connectivity index (χ4n) is 2.32. The Bertz CT molecular complexity index is 1190. The van der Waals surface area contributed by atoms with Crippen LogP contribution in [-0.4, -0.2) is 31.0 Å². The second kappa shape index (κ2) is 8.41. The van der Waals surface area contributed by atoms with Gasteiger partial charge in [0.15, 0.2) is 0 Å². The number of nitrogens with one attached hydrogen (secondary N) is 1.